The van der Waals surface area contributed by atoms with Gasteiger partial charge in [-0.05, 0) is 43.2 Å². The number of hydrogen-bond donors (Lipinski definition) is 0. The van der Waals surface area contributed by atoms with Gasteiger partial charge in [-0.2, -0.15) is 0 Å². The summed E-state index contributed by atoms with van der Waals surface area (Å²) in [6, 6.07) is 12.7. The maximum atomic E-state index is 13.0. The van der Waals surface area contributed by atoms with E-state index in [2.05, 4.69) is 31.9 Å². The van der Waals surface area contributed by atoms with E-state index in [0.29, 0.717) is 10.4 Å². The summed E-state index contributed by atoms with van der Waals surface area (Å²) in [6.07, 6.45) is 2.50. The van der Waals surface area contributed by atoms with Crippen LogP contribution in [0.3, 0.4) is 0 Å². The molecule has 0 atom stereocenters. The fourth-order valence-corrected chi connectivity index (χ4v) is 4.72. The second kappa shape index (κ2) is 6.42. The number of aromatic nitrogens is 1. The molecule has 0 spiro atoms. The standard InChI is InChI=1S/C17H15Br2NO2S/c1-12-2-5-15(6-3-12)23(21,22)20-11-13(8-9-18)16-7-4-14(19)10-17(16)20/h2-7,10-11H,8-9H2,1H3. The Morgan fingerprint density at radius 2 is 1.78 bits per heavy atom. The molecule has 0 aliphatic rings. The van der Waals surface area contributed by atoms with Gasteiger partial charge in [-0.3, -0.25) is 0 Å². The Bertz CT molecular complexity index is 960. The number of nitrogens with zero attached hydrogens (tertiary/aromatic N) is 1. The minimum atomic E-state index is -3.62. The molecule has 0 amide bonds. The van der Waals surface area contributed by atoms with Gasteiger partial charge in [0.15, 0.2) is 0 Å². The zero-order chi connectivity index (χ0) is 16.6. The van der Waals surface area contributed by atoms with Gasteiger partial charge in [0.25, 0.3) is 10.0 Å². The summed E-state index contributed by atoms with van der Waals surface area (Å²) < 4.78 is 28.3. The average molecular weight is 457 g/mol. The molecule has 6 heteroatoms. The van der Waals surface area contributed by atoms with Crippen molar-refractivity contribution in [3.63, 3.8) is 0 Å². The molecule has 3 aromatic rings. The van der Waals surface area contributed by atoms with E-state index in [0.717, 1.165) is 32.7 Å². The monoisotopic (exact) mass is 455 g/mol. The smallest absolute Gasteiger partial charge is 0.241 e. The van der Waals surface area contributed by atoms with Gasteiger partial charge in [0.05, 0.1) is 10.4 Å². The number of halogens is 2. The second-order valence-electron chi connectivity index (χ2n) is 5.37. The number of rotatable bonds is 4. The fourth-order valence-electron chi connectivity index (χ4n) is 2.56. The lowest BCUT2D eigenvalue weighted by Gasteiger charge is -2.08. The highest BCUT2D eigenvalue weighted by molar-refractivity contribution is 9.10. The van der Waals surface area contributed by atoms with Crippen LogP contribution >= 0.6 is 31.9 Å². The van der Waals surface area contributed by atoms with Gasteiger partial charge >= 0.3 is 0 Å². The van der Waals surface area contributed by atoms with Crippen molar-refractivity contribution in [2.45, 2.75) is 18.2 Å². The lowest BCUT2D eigenvalue weighted by atomic mass is 10.1. The maximum Gasteiger partial charge on any atom is 0.268 e. The molecular formula is C17H15Br2NO2S. The molecular weight excluding hydrogens is 442 g/mol. The molecule has 2 aromatic carbocycles. The van der Waals surface area contributed by atoms with E-state index in [1.807, 2.05) is 37.3 Å². The molecule has 0 N–H and O–H groups in total. The van der Waals surface area contributed by atoms with Crippen molar-refractivity contribution in [1.29, 1.82) is 0 Å². The molecule has 0 aliphatic carbocycles. The van der Waals surface area contributed by atoms with Gasteiger partial charge in [-0.15, -0.1) is 0 Å². The largest absolute Gasteiger partial charge is 0.268 e. The second-order valence-corrected chi connectivity index (χ2v) is 8.89. The van der Waals surface area contributed by atoms with Gasteiger partial charge in [-0.1, -0.05) is 55.6 Å². The minimum absolute atomic E-state index is 0.297. The lowest BCUT2D eigenvalue weighted by Crippen LogP contribution is -2.11. The van der Waals surface area contributed by atoms with Crippen LogP contribution in [0.15, 0.2) is 58.0 Å². The summed E-state index contributed by atoms with van der Waals surface area (Å²) in [6.45, 7) is 1.94. The van der Waals surface area contributed by atoms with Crippen molar-refractivity contribution in [2.75, 3.05) is 5.33 Å². The summed E-state index contributed by atoms with van der Waals surface area (Å²) in [5.74, 6) is 0. The van der Waals surface area contributed by atoms with Crippen LogP contribution in [0.2, 0.25) is 0 Å². The molecule has 120 valence electrons. The van der Waals surface area contributed by atoms with Gasteiger partial charge < -0.3 is 0 Å². The quantitative estimate of drug-likeness (QED) is 0.524. The zero-order valence-electron chi connectivity index (χ0n) is 12.5. The van der Waals surface area contributed by atoms with Crippen molar-refractivity contribution < 1.29 is 8.42 Å². The van der Waals surface area contributed by atoms with E-state index in [9.17, 15) is 8.42 Å². The minimum Gasteiger partial charge on any atom is -0.241 e. The third-order valence-electron chi connectivity index (χ3n) is 3.76. The van der Waals surface area contributed by atoms with Crippen molar-refractivity contribution in [2.24, 2.45) is 0 Å². The number of alkyl halides is 1. The Kier molecular flexibility index (Phi) is 4.67. The van der Waals surface area contributed by atoms with E-state index in [1.54, 1.807) is 18.3 Å². The first-order valence-electron chi connectivity index (χ1n) is 7.11. The number of benzene rings is 2. The molecule has 0 bridgehead atoms. The molecule has 3 nitrogen and oxygen atoms in total. The zero-order valence-corrected chi connectivity index (χ0v) is 16.4. The van der Waals surface area contributed by atoms with Crippen molar-refractivity contribution in [3.05, 3.63) is 64.3 Å². The fraction of sp³-hybridized carbons (Fsp3) is 0.176. The van der Waals surface area contributed by atoms with Crippen LogP contribution in [0.25, 0.3) is 10.9 Å². The van der Waals surface area contributed by atoms with Crippen LogP contribution < -0.4 is 0 Å². The van der Waals surface area contributed by atoms with Crippen LogP contribution in [0, 0.1) is 6.92 Å². The maximum absolute atomic E-state index is 13.0. The van der Waals surface area contributed by atoms with Crippen molar-refractivity contribution in [1.82, 2.24) is 3.97 Å². The lowest BCUT2D eigenvalue weighted by molar-refractivity contribution is 0.589. The molecule has 0 unspecified atom stereocenters. The van der Waals surface area contributed by atoms with Gasteiger partial charge in [-0.25, -0.2) is 12.4 Å². The van der Waals surface area contributed by atoms with E-state index in [1.165, 1.54) is 3.97 Å². The number of fused-ring (bicyclic) bond motifs is 1. The third kappa shape index (κ3) is 3.12. The van der Waals surface area contributed by atoms with Crippen LogP contribution in [-0.4, -0.2) is 17.7 Å². The summed E-state index contributed by atoms with van der Waals surface area (Å²) >= 11 is 6.86. The number of aryl methyl sites for hydroxylation is 2. The molecule has 1 aromatic heterocycles. The van der Waals surface area contributed by atoms with Crippen LogP contribution in [0.5, 0.6) is 0 Å². The highest BCUT2D eigenvalue weighted by Crippen LogP contribution is 2.29. The SMILES string of the molecule is Cc1ccc(S(=O)(=O)n2cc(CCBr)c3ccc(Br)cc32)cc1. The molecule has 0 radical (unpaired) electrons. The van der Waals surface area contributed by atoms with E-state index >= 15 is 0 Å². The van der Waals surface area contributed by atoms with Gasteiger partial charge in [0.2, 0.25) is 0 Å². The van der Waals surface area contributed by atoms with Crippen LogP contribution in [0.4, 0.5) is 0 Å². The highest BCUT2D eigenvalue weighted by atomic mass is 79.9. The Morgan fingerprint density at radius 3 is 2.43 bits per heavy atom. The van der Waals surface area contributed by atoms with E-state index in [-0.39, 0.29) is 0 Å². The molecule has 3 rings (SSSR count). The highest BCUT2D eigenvalue weighted by Gasteiger charge is 2.21. The van der Waals surface area contributed by atoms with Gasteiger partial charge in [0, 0.05) is 21.4 Å². The number of hydrogen-bond acceptors (Lipinski definition) is 2. The predicted octanol–water partition coefficient (Wildman–Crippen LogP) is 4.89. The topological polar surface area (TPSA) is 39.1 Å². The molecule has 23 heavy (non-hydrogen) atoms. The first kappa shape index (κ1) is 16.7. The predicted molar refractivity (Wildman–Crippen MR) is 101 cm³/mol. The summed E-state index contributed by atoms with van der Waals surface area (Å²) in [7, 11) is -3.62. The molecule has 0 saturated heterocycles. The van der Waals surface area contributed by atoms with E-state index < -0.39 is 10.0 Å². The molecule has 1 heterocycles. The van der Waals surface area contributed by atoms with Crippen molar-refractivity contribution >= 4 is 52.8 Å². The Balaban J connectivity index is 2.26. The summed E-state index contributed by atoms with van der Waals surface area (Å²) in [4.78, 5) is 0.297. The molecule has 0 saturated carbocycles. The first-order valence-corrected chi connectivity index (χ1v) is 10.5. The Morgan fingerprint density at radius 1 is 1.09 bits per heavy atom. The molecule has 0 fully saturated rings. The van der Waals surface area contributed by atoms with Crippen LogP contribution in [-0.2, 0) is 16.4 Å². The third-order valence-corrected chi connectivity index (χ3v) is 6.34. The Hall–Kier alpha value is -1.11. The molecule has 0 aliphatic heterocycles. The first-order chi connectivity index (χ1) is 10.9. The van der Waals surface area contributed by atoms with Crippen molar-refractivity contribution in [3.8, 4) is 0 Å². The normalized spacial score (nSPS) is 12.0. The average Bonchev–Trinajstić information content (AvgIpc) is 2.87. The summed E-state index contributed by atoms with van der Waals surface area (Å²) in [5.41, 5.74) is 2.74. The van der Waals surface area contributed by atoms with Gasteiger partial charge in [0.1, 0.15) is 0 Å². The summed E-state index contributed by atoms with van der Waals surface area (Å²) in [5, 5.41) is 1.75. The van der Waals surface area contributed by atoms with Crippen LogP contribution in [0.1, 0.15) is 11.1 Å². The Labute approximate surface area is 152 Å². The van der Waals surface area contributed by atoms with E-state index in [4.69, 9.17) is 0 Å².